The van der Waals surface area contributed by atoms with E-state index in [2.05, 4.69) is 25.7 Å². The molecule has 1 aliphatic heterocycles. The first-order chi connectivity index (χ1) is 18.1. The molecule has 1 saturated heterocycles. The van der Waals surface area contributed by atoms with Crippen LogP contribution < -0.4 is 4.90 Å². The lowest BCUT2D eigenvalue weighted by molar-refractivity contribution is -0.159. The average Bonchev–Trinajstić information content (AvgIpc) is 2.92. The van der Waals surface area contributed by atoms with E-state index < -0.39 is 28.6 Å². The molecule has 0 radical (unpaired) electrons. The van der Waals surface area contributed by atoms with E-state index in [1.54, 1.807) is 0 Å². The van der Waals surface area contributed by atoms with Crippen LogP contribution in [0, 0.1) is 17.8 Å². The quantitative estimate of drug-likeness (QED) is 0.458. The fourth-order valence-corrected chi connectivity index (χ4v) is 6.89. The fraction of sp³-hybridized carbons (Fsp3) is 0.517. The molecule has 38 heavy (non-hydrogen) atoms. The molecular weight excluding hydrogens is 504 g/mol. The number of piperazine rings is 1. The van der Waals surface area contributed by atoms with Crippen LogP contribution in [0.4, 0.5) is 5.69 Å². The number of para-hydroxylation sites is 1. The SMILES string of the molecule is CC1CCC(C(C)C)C(OC(=O)COC(=O)c2cccc(S(=O)(=O)N3CCN(c4ccccc4)CC3)c2)C1. The van der Waals surface area contributed by atoms with E-state index in [0.717, 1.165) is 24.9 Å². The first kappa shape index (κ1) is 28.1. The van der Waals surface area contributed by atoms with E-state index in [-0.39, 0.29) is 16.6 Å². The van der Waals surface area contributed by atoms with Crippen LogP contribution in [0.2, 0.25) is 0 Å². The zero-order valence-corrected chi connectivity index (χ0v) is 23.2. The Kier molecular flexibility index (Phi) is 9.10. The van der Waals surface area contributed by atoms with Crippen molar-refractivity contribution in [2.45, 2.75) is 51.0 Å². The van der Waals surface area contributed by atoms with E-state index >= 15 is 0 Å². The molecular formula is C29H38N2O6S. The van der Waals surface area contributed by atoms with Gasteiger partial charge in [0.2, 0.25) is 10.0 Å². The summed E-state index contributed by atoms with van der Waals surface area (Å²) in [7, 11) is -3.79. The number of carbonyl (C=O) groups is 2. The molecule has 2 aromatic rings. The Morgan fingerprint density at radius 3 is 2.37 bits per heavy atom. The number of carbonyl (C=O) groups excluding carboxylic acids is 2. The molecule has 8 nitrogen and oxygen atoms in total. The van der Waals surface area contributed by atoms with Crippen molar-refractivity contribution >= 4 is 27.6 Å². The van der Waals surface area contributed by atoms with Gasteiger partial charge in [-0.25, -0.2) is 18.0 Å². The number of nitrogens with zero attached hydrogens (tertiary/aromatic N) is 2. The lowest BCUT2D eigenvalue weighted by Crippen LogP contribution is -2.48. The van der Waals surface area contributed by atoms with E-state index in [1.807, 2.05) is 30.3 Å². The van der Waals surface area contributed by atoms with Crippen molar-refractivity contribution in [1.29, 1.82) is 0 Å². The second kappa shape index (κ2) is 12.3. The van der Waals surface area contributed by atoms with Crippen molar-refractivity contribution in [3.05, 3.63) is 60.2 Å². The number of anilines is 1. The molecule has 0 N–H and O–H groups in total. The first-order valence-corrected chi connectivity index (χ1v) is 14.9. The molecule has 206 valence electrons. The van der Waals surface area contributed by atoms with Gasteiger partial charge >= 0.3 is 11.9 Å². The molecule has 1 heterocycles. The maximum absolute atomic E-state index is 13.3. The van der Waals surface area contributed by atoms with E-state index in [4.69, 9.17) is 9.47 Å². The standard InChI is InChI=1S/C29H38N2O6S/c1-21(2)26-13-12-22(3)18-27(26)37-28(32)20-36-29(33)23-8-7-11-25(19-23)38(34,35)31-16-14-30(15-17-31)24-9-5-4-6-10-24/h4-11,19,21-22,26-27H,12-18,20H2,1-3H3. The number of hydrogen-bond donors (Lipinski definition) is 0. The maximum Gasteiger partial charge on any atom is 0.344 e. The highest BCUT2D eigenvalue weighted by Crippen LogP contribution is 2.35. The number of ether oxygens (including phenoxy) is 2. The minimum absolute atomic E-state index is 0.0265. The van der Waals surface area contributed by atoms with Crippen LogP contribution in [0.1, 0.15) is 50.4 Å². The normalized spacial score (nSPS) is 22.7. The summed E-state index contributed by atoms with van der Waals surface area (Å²) in [5.41, 5.74) is 1.14. The summed E-state index contributed by atoms with van der Waals surface area (Å²) in [6, 6.07) is 15.7. The van der Waals surface area contributed by atoms with Crippen molar-refractivity contribution in [2.24, 2.45) is 17.8 Å². The molecule has 9 heteroatoms. The minimum Gasteiger partial charge on any atom is -0.460 e. The Labute approximate surface area is 226 Å². The third-order valence-electron chi connectivity index (χ3n) is 7.63. The molecule has 1 saturated carbocycles. The van der Waals surface area contributed by atoms with Gasteiger partial charge in [-0.05, 0) is 60.9 Å². The summed E-state index contributed by atoms with van der Waals surface area (Å²) < 4.78 is 38.9. The zero-order valence-electron chi connectivity index (χ0n) is 22.4. The van der Waals surface area contributed by atoms with Gasteiger partial charge in [-0.3, -0.25) is 0 Å². The highest BCUT2D eigenvalue weighted by atomic mass is 32.2. The predicted octanol–water partition coefficient (Wildman–Crippen LogP) is 4.36. The summed E-state index contributed by atoms with van der Waals surface area (Å²) in [4.78, 5) is 27.3. The molecule has 3 atom stereocenters. The monoisotopic (exact) mass is 542 g/mol. The lowest BCUT2D eigenvalue weighted by Gasteiger charge is -2.36. The van der Waals surface area contributed by atoms with Crippen molar-refractivity contribution < 1.29 is 27.5 Å². The second-order valence-electron chi connectivity index (χ2n) is 10.7. The van der Waals surface area contributed by atoms with Gasteiger partial charge in [0.25, 0.3) is 0 Å². The van der Waals surface area contributed by atoms with Crippen molar-refractivity contribution in [1.82, 2.24) is 4.31 Å². The summed E-state index contributed by atoms with van der Waals surface area (Å²) in [6.45, 7) is 7.74. The van der Waals surface area contributed by atoms with Crippen LogP contribution in [0.25, 0.3) is 0 Å². The summed E-state index contributed by atoms with van der Waals surface area (Å²) in [5.74, 6) is -0.166. The molecule has 0 spiro atoms. The highest BCUT2D eigenvalue weighted by Gasteiger charge is 2.34. The lowest BCUT2D eigenvalue weighted by atomic mass is 9.75. The number of esters is 2. The molecule has 0 bridgehead atoms. The van der Waals surface area contributed by atoms with E-state index in [9.17, 15) is 18.0 Å². The third-order valence-corrected chi connectivity index (χ3v) is 9.53. The van der Waals surface area contributed by atoms with Gasteiger partial charge < -0.3 is 14.4 Å². The highest BCUT2D eigenvalue weighted by molar-refractivity contribution is 7.89. The van der Waals surface area contributed by atoms with E-state index in [1.165, 1.54) is 28.6 Å². The van der Waals surface area contributed by atoms with Crippen LogP contribution in [-0.2, 0) is 24.3 Å². The summed E-state index contributed by atoms with van der Waals surface area (Å²) in [5, 5.41) is 0. The van der Waals surface area contributed by atoms with Gasteiger partial charge in [-0.2, -0.15) is 4.31 Å². The molecule has 2 aromatic carbocycles. The maximum atomic E-state index is 13.3. The molecule has 2 aliphatic rings. The van der Waals surface area contributed by atoms with Gasteiger partial charge in [0.05, 0.1) is 10.5 Å². The van der Waals surface area contributed by atoms with Crippen LogP contribution in [-0.4, -0.2) is 63.6 Å². The largest absolute Gasteiger partial charge is 0.460 e. The smallest absolute Gasteiger partial charge is 0.344 e. The summed E-state index contributed by atoms with van der Waals surface area (Å²) >= 11 is 0. The first-order valence-electron chi connectivity index (χ1n) is 13.4. The van der Waals surface area contributed by atoms with Crippen molar-refractivity contribution in [2.75, 3.05) is 37.7 Å². The Hall–Kier alpha value is -2.91. The van der Waals surface area contributed by atoms with Crippen LogP contribution in [0.15, 0.2) is 59.5 Å². The molecule has 2 fully saturated rings. The Balaban J connectivity index is 1.33. The molecule has 1 aliphatic carbocycles. The Morgan fingerprint density at radius 2 is 1.68 bits per heavy atom. The Morgan fingerprint density at radius 1 is 0.974 bits per heavy atom. The third kappa shape index (κ3) is 6.74. The molecule has 0 aromatic heterocycles. The number of benzene rings is 2. The topological polar surface area (TPSA) is 93.2 Å². The van der Waals surface area contributed by atoms with Crippen LogP contribution in [0.3, 0.4) is 0 Å². The van der Waals surface area contributed by atoms with Gasteiger partial charge in [-0.1, -0.05) is 51.5 Å². The van der Waals surface area contributed by atoms with E-state index in [0.29, 0.717) is 43.9 Å². The fourth-order valence-electron chi connectivity index (χ4n) is 5.42. The van der Waals surface area contributed by atoms with Gasteiger partial charge in [0.1, 0.15) is 6.10 Å². The van der Waals surface area contributed by atoms with Crippen molar-refractivity contribution in [3.63, 3.8) is 0 Å². The molecule has 4 rings (SSSR count). The van der Waals surface area contributed by atoms with Crippen molar-refractivity contribution in [3.8, 4) is 0 Å². The van der Waals surface area contributed by atoms with Crippen LogP contribution in [0.5, 0.6) is 0 Å². The van der Waals surface area contributed by atoms with Gasteiger partial charge in [-0.15, -0.1) is 0 Å². The van der Waals surface area contributed by atoms with Crippen LogP contribution >= 0.6 is 0 Å². The number of rotatable bonds is 8. The predicted molar refractivity (Wildman–Crippen MR) is 145 cm³/mol. The number of hydrogen-bond acceptors (Lipinski definition) is 7. The Bertz CT molecular complexity index is 1210. The minimum atomic E-state index is -3.79. The second-order valence-corrected chi connectivity index (χ2v) is 12.6. The molecule has 0 amide bonds. The zero-order chi connectivity index (χ0) is 27.3. The van der Waals surface area contributed by atoms with Gasteiger partial charge in [0, 0.05) is 31.9 Å². The average molecular weight is 543 g/mol. The van der Waals surface area contributed by atoms with Gasteiger partial charge in [0.15, 0.2) is 6.61 Å². The molecule has 3 unspecified atom stereocenters. The summed E-state index contributed by atoms with van der Waals surface area (Å²) in [6.07, 6.45) is 2.76. The number of sulfonamides is 1.